The molecule has 0 atom stereocenters. The average Bonchev–Trinajstić information content (AvgIpc) is 3.36. The Morgan fingerprint density at radius 1 is 1.19 bits per heavy atom. The normalized spacial score (nSPS) is 10.9. The molecule has 136 valence electrons. The highest BCUT2D eigenvalue weighted by Gasteiger charge is 2.13. The second kappa shape index (κ2) is 7.77. The van der Waals surface area contributed by atoms with Gasteiger partial charge >= 0.3 is 0 Å². The molecule has 0 saturated heterocycles. The largest absolute Gasteiger partial charge is 0.497 e. The summed E-state index contributed by atoms with van der Waals surface area (Å²) >= 11 is 7.40. The fourth-order valence-electron chi connectivity index (χ4n) is 2.34. The van der Waals surface area contributed by atoms with Crippen LogP contribution in [0.5, 0.6) is 5.75 Å². The zero-order chi connectivity index (χ0) is 18.6. The van der Waals surface area contributed by atoms with Crippen LogP contribution in [-0.4, -0.2) is 37.5 Å². The first-order valence-electron chi connectivity index (χ1n) is 7.87. The van der Waals surface area contributed by atoms with Crippen molar-refractivity contribution >= 4 is 23.4 Å². The van der Waals surface area contributed by atoms with Crippen LogP contribution in [0.15, 0.2) is 58.2 Å². The SMILES string of the molecule is COc1ccc(-n2nnnc2SCc2nc(-c3cccc(Cl)c3)no2)cc1. The third-order valence-electron chi connectivity index (χ3n) is 3.63. The third-order valence-corrected chi connectivity index (χ3v) is 4.77. The lowest BCUT2D eigenvalue weighted by atomic mass is 10.2. The Kier molecular flexibility index (Phi) is 5.03. The predicted octanol–water partition coefficient (Wildman–Crippen LogP) is 3.67. The Labute approximate surface area is 163 Å². The molecule has 27 heavy (non-hydrogen) atoms. The van der Waals surface area contributed by atoms with E-state index in [-0.39, 0.29) is 0 Å². The van der Waals surface area contributed by atoms with Gasteiger partial charge in [0.05, 0.1) is 18.6 Å². The number of hydrogen-bond acceptors (Lipinski definition) is 8. The molecule has 4 aromatic rings. The Bertz CT molecular complexity index is 1050. The Balaban J connectivity index is 1.48. The van der Waals surface area contributed by atoms with Gasteiger partial charge in [-0.25, -0.2) is 0 Å². The number of rotatable bonds is 6. The van der Waals surface area contributed by atoms with Gasteiger partial charge < -0.3 is 9.26 Å². The van der Waals surface area contributed by atoms with Crippen molar-refractivity contribution in [1.82, 2.24) is 30.3 Å². The van der Waals surface area contributed by atoms with Crippen LogP contribution in [0.4, 0.5) is 0 Å². The molecule has 0 N–H and O–H groups in total. The standard InChI is InChI=1S/C17H13ClN6O2S/c1-25-14-7-5-13(6-8-14)24-17(20-22-23-24)27-10-15-19-16(21-26-15)11-3-2-4-12(18)9-11/h2-9H,10H2,1H3. The lowest BCUT2D eigenvalue weighted by Gasteiger charge is -2.04. The number of hydrogen-bond donors (Lipinski definition) is 0. The fraction of sp³-hybridized carbons (Fsp3) is 0.118. The molecule has 10 heteroatoms. The summed E-state index contributed by atoms with van der Waals surface area (Å²) in [6.07, 6.45) is 0. The second-order valence-electron chi connectivity index (χ2n) is 5.38. The van der Waals surface area contributed by atoms with Gasteiger partial charge in [0, 0.05) is 10.6 Å². The second-order valence-corrected chi connectivity index (χ2v) is 6.76. The number of aromatic nitrogens is 6. The summed E-state index contributed by atoms with van der Waals surface area (Å²) in [4.78, 5) is 4.39. The zero-order valence-electron chi connectivity index (χ0n) is 14.1. The highest BCUT2D eigenvalue weighted by molar-refractivity contribution is 7.98. The highest BCUT2D eigenvalue weighted by atomic mass is 35.5. The molecule has 0 aliphatic rings. The number of tetrazole rings is 1. The lowest BCUT2D eigenvalue weighted by molar-refractivity contribution is 0.391. The number of methoxy groups -OCH3 is 1. The van der Waals surface area contributed by atoms with Crippen molar-refractivity contribution in [2.45, 2.75) is 10.9 Å². The highest BCUT2D eigenvalue weighted by Crippen LogP contribution is 2.25. The molecule has 2 aromatic heterocycles. The van der Waals surface area contributed by atoms with Crippen molar-refractivity contribution in [3.05, 3.63) is 59.4 Å². The van der Waals surface area contributed by atoms with Crippen LogP contribution < -0.4 is 4.74 Å². The van der Waals surface area contributed by atoms with Gasteiger partial charge in [0.1, 0.15) is 5.75 Å². The number of halogens is 1. The van der Waals surface area contributed by atoms with Gasteiger partial charge in [0.25, 0.3) is 0 Å². The van der Waals surface area contributed by atoms with Gasteiger partial charge in [-0.3, -0.25) is 0 Å². The summed E-state index contributed by atoms with van der Waals surface area (Å²) in [7, 11) is 1.62. The van der Waals surface area contributed by atoms with Crippen molar-refractivity contribution in [3.63, 3.8) is 0 Å². The average molecular weight is 401 g/mol. The molecule has 0 saturated carbocycles. The van der Waals surface area contributed by atoms with E-state index in [1.54, 1.807) is 23.9 Å². The van der Waals surface area contributed by atoms with Gasteiger partial charge in [0.2, 0.25) is 16.9 Å². The van der Waals surface area contributed by atoms with Crippen LogP contribution in [-0.2, 0) is 5.75 Å². The third kappa shape index (κ3) is 3.93. The minimum absolute atomic E-state index is 0.435. The summed E-state index contributed by atoms with van der Waals surface area (Å²) in [5.41, 5.74) is 1.62. The van der Waals surface area contributed by atoms with Crippen molar-refractivity contribution in [2.75, 3.05) is 7.11 Å². The maximum absolute atomic E-state index is 6.00. The van der Waals surface area contributed by atoms with Gasteiger partial charge in [0.15, 0.2) is 0 Å². The van der Waals surface area contributed by atoms with Crippen LogP contribution in [0.3, 0.4) is 0 Å². The number of ether oxygens (including phenoxy) is 1. The molecule has 8 nitrogen and oxygen atoms in total. The van der Waals surface area contributed by atoms with Crippen molar-refractivity contribution < 1.29 is 9.26 Å². The van der Waals surface area contributed by atoms with Crippen molar-refractivity contribution in [1.29, 1.82) is 0 Å². The van der Waals surface area contributed by atoms with Crippen LogP contribution in [0.2, 0.25) is 5.02 Å². The molecule has 2 heterocycles. The first-order valence-corrected chi connectivity index (χ1v) is 9.23. The van der Waals surface area contributed by atoms with E-state index in [0.29, 0.717) is 27.6 Å². The van der Waals surface area contributed by atoms with Crippen molar-refractivity contribution in [3.8, 4) is 22.8 Å². The maximum atomic E-state index is 6.00. The minimum atomic E-state index is 0.435. The zero-order valence-corrected chi connectivity index (χ0v) is 15.7. The summed E-state index contributed by atoms with van der Waals surface area (Å²) in [5.74, 6) is 2.16. The number of thioether (sulfide) groups is 1. The molecule has 0 aliphatic heterocycles. The molecule has 0 unspecified atom stereocenters. The van der Waals surface area contributed by atoms with E-state index in [2.05, 4.69) is 25.7 Å². The van der Waals surface area contributed by atoms with E-state index in [1.165, 1.54) is 11.8 Å². The molecule has 0 bridgehead atoms. The monoisotopic (exact) mass is 400 g/mol. The number of benzene rings is 2. The smallest absolute Gasteiger partial charge is 0.237 e. The van der Waals surface area contributed by atoms with E-state index in [9.17, 15) is 0 Å². The van der Waals surface area contributed by atoms with Crippen LogP contribution in [0, 0.1) is 0 Å². The van der Waals surface area contributed by atoms with Crippen LogP contribution in [0.25, 0.3) is 17.1 Å². The van der Waals surface area contributed by atoms with Crippen molar-refractivity contribution in [2.24, 2.45) is 0 Å². The predicted molar refractivity (Wildman–Crippen MR) is 100 cm³/mol. The summed E-state index contributed by atoms with van der Waals surface area (Å²) in [6.45, 7) is 0. The Hall–Kier alpha value is -2.91. The lowest BCUT2D eigenvalue weighted by Crippen LogP contribution is -1.99. The fourth-order valence-corrected chi connectivity index (χ4v) is 3.26. The Morgan fingerprint density at radius 3 is 2.81 bits per heavy atom. The van der Waals surface area contributed by atoms with Gasteiger partial charge in [-0.2, -0.15) is 9.67 Å². The van der Waals surface area contributed by atoms with Gasteiger partial charge in [-0.05, 0) is 46.8 Å². The van der Waals surface area contributed by atoms with E-state index in [1.807, 2.05) is 36.4 Å². The maximum Gasteiger partial charge on any atom is 0.237 e. The molecule has 0 radical (unpaired) electrons. The molecular formula is C17H13ClN6O2S. The molecule has 0 fully saturated rings. The molecule has 4 rings (SSSR count). The van der Waals surface area contributed by atoms with E-state index < -0.39 is 0 Å². The summed E-state index contributed by atoms with van der Waals surface area (Å²) in [6, 6.07) is 14.7. The molecule has 0 amide bonds. The van der Waals surface area contributed by atoms with E-state index >= 15 is 0 Å². The quantitative estimate of drug-likeness (QED) is 0.453. The Morgan fingerprint density at radius 2 is 2.04 bits per heavy atom. The summed E-state index contributed by atoms with van der Waals surface area (Å²) < 4.78 is 12.1. The van der Waals surface area contributed by atoms with E-state index in [0.717, 1.165) is 17.0 Å². The molecular weight excluding hydrogens is 388 g/mol. The minimum Gasteiger partial charge on any atom is -0.497 e. The number of nitrogens with zero attached hydrogens (tertiary/aromatic N) is 6. The van der Waals surface area contributed by atoms with Crippen LogP contribution in [0.1, 0.15) is 5.89 Å². The molecule has 2 aromatic carbocycles. The summed E-state index contributed by atoms with van der Waals surface area (Å²) in [5, 5.41) is 17.1. The first-order chi connectivity index (χ1) is 13.2. The van der Waals surface area contributed by atoms with Gasteiger partial charge in [-0.1, -0.05) is 40.7 Å². The molecule has 0 aliphatic carbocycles. The molecule has 0 spiro atoms. The van der Waals surface area contributed by atoms with Gasteiger partial charge in [-0.15, -0.1) is 5.10 Å². The first kappa shape index (κ1) is 17.5. The van der Waals surface area contributed by atoms with Crippen LogP contribution >= 0.6 is 23.4 Å². The topological polar surface area (TPSA) is 91.8 Å². The van der Waals surface area contributed by atoms with E-state index in [4.69, 9.17) is 20.9 Å².